The van der Waals surface area contributed by atoms with Crippen molar-refractivity contribution < 1.29 is 14.4 Å². The predicted molar refractivity (Wildman–Crippen MR) is 116 cm³/mol. The molecular weight excluding hydrogens is 400 g/mol. The molecular formula is C21H22N6O4. The van der Waals surface area contributed by atoms with Crippen LogP contribution >= 0.6 is 0 Å². The van der Waals surface area contributed by atoms with Crippen LogP contribution in [-0.2, 0) is 6.54 Å². The van der Waals surface area contributed by atoms with Crippen molar-refractivity contribution in [2.75, 3.05) is 30.1 Å². The van der Waals surface area contributed by atoms with Gasteiger partial charge in [-0.25, -0.2) is 9.97 Å². The maximum Gasteiger partial charge on any atom is 0.293 e. The first kappa shape index (κ1) is 19.3. The molecule has 0 saturated carbocycles. The van der Waals surface area contributed by atoms with Gasteiger partial charge in [0.2, 0.25) is 6.79 Å². The molecule has 1 fully saturated rings. The van der Waals surface area contributed by atoms with Gasteiger partial charge in [0.1, 0.15) is 17.8 Å². The third kappa shape index (κ3) is 3.77. The number of rotatable bonds is 5. The monoisotopic (exact) mass is 422 g/mol. The topological polar surface area (TPSA) is 129 Å². The van der Waals surface area contributed by atoms with E-state index in [0.717, 1.165) is 24.2 Å². The molecule has 0 radical (unpaired) electrons. The van der Waals surface area contributed by atoms with Gasteiger partial charge >= 0.3 is 0 Å². The van der Waals surface area contributed by atoms with E-state index in [0.29, 0.717) is 47.8 Å². The summed E-state index contributed by atoms with van der Waals surface area (Å²) in [6.07, 6.45) is 3.08. The number of nitro benzene ring substituents is 1. The van der Waals surface area contributed by atoms with Crippen molar-refractivity contribution in [2.45, 2.75) is 25.4 Å². The van der Waals surface area contributed by atoms with Crippen LogP contribution < -0.4 is 25.4 Å². The molecule has 10 nitrogen and oxygen atoms in total. The third-order valence-electron chi connectivity index (χ3n) is 5.71. The highest BCUT2D eigenvalue weighted by Gasteiger charge is 2.25. The molecule has 31 heavy (non-hydrogen) atoms. The molecule has 3 heterocycles. The number of hydrogen-bond acceptors (Lipinski definition) is 9. The first-order valence-electron chi connectivity index (χ1n) is 10.1. The second-order valence-electron chi connectivity index (χ2n) is 7.70. The number of benzene rings is 2. The first-order valence-corrected chi connectivity index (χ1v) is 10.1. The van der Waals surface area contributed by atoms with E-state index >= 15 is 0 Å². The number of anilines is 2. The van der Waals surface area contributed by atoms with Crippen LogP contribution in [0.1, 0.15) is 18.4 Å². The maximum absolute atomic E-state index is 11.8. The number of nitrogens with one attached hydrogen (secondary N) is 1. The fourth-order valence-electron chi connectivity index (χ4n) is 4.00. The van der Waals surface area contributed by atoms with Gasteiger partial charge in [0, 0.05) is 37.1 Å². The number of ether oxygens (including phenoxy) is 2. The van der Waals surface area contributed by atoms with E-state index < -0.39 is 0 Å². The van der Waals surface area contributed by atoms with Crippen molar-refractivity contribution >= 4 is 28.1 Å². The Balaban J connectivity index is 1.45. The minimum absolute atomic E-state index is 0.0453. The maximum atomic E-state index is 11.8. The number of piperidine rings is 1. The van der Waals surface area contributed by atoms with Crippen molar-refractivity contribution in [1.29, 1.82) is 0 Å². The predicted octanol–water partition coefficient (Wildman–Crippen LogP) is 2.81. The van der Waals surface area contributed by atoms with Gasteiger partial charge < -0.3 is 25.4 Å². The highest BCUT2D eigenvalue weighted by Crippen LogP contribution is 2.36. The zero-order valence-electron chi connectivity index (χ0n) is 16.8. The molecule has 2 aliphatic rings. The van der Waals surface area contributed by atoms with Crippen LogP contribution in [0.5, 0.6) is 11.5 Å². The van der Waals surface area contributed by atoms with Crippen LogP contribution in [0.4, 0.5) is 17.2 Å². The van der Waals surface area contributed by atoms with E-state index in [1.54, 1.807) is 12.1 Å². The normalized spacial score (nSPS) is 16.0. The summed E-state index contributed by atoms with van der Waals surface area (Å²) in [4.78, 5) is 22.2. The summed E-state index contributed by atoms with van der Waals surface area (Å²) in [6.45, 7) is 2.07. The van der Waals surface area contributed by atoms with Gasteiger partial charge in [-0.1, -0.05) is 6.07 Å². The minimum atomic E-state index is -0.349. The molecule has 5 rings (SSSR count). The Morgan fingerprint density at radius 1 is 1.16 bits per heavy atom. The van der Waals surface area contributed by atoms with Gasteiger partial charge in [-0.05, 0) is 36.6 Å². The average Bonchev–Trinajstić information content (AvgIpc) is 3.25. The van der Waals surface area contributed by atoms with Crippen LogP contribution in [0.25, 0.3) is 10.9 Å². The first-order chi connectivity index (χ1) is 15.1. The Labute approximate surface area is 178 Å². The Hall–Kier alpha value is -3.66. The molecule has 10 heteroatoms. The van der Waals surface area contributed by atoms with Gasteiger partial charge in [-0.2, -0.15) is 0 Å². The van der Waals surface area contributed by atoms with E-state index in [1.807, 2.05) is 23.1 Å². The van der Waals surface area contributed by atoms with Gasteiger partial charge in [0.25, 0.3) is 5.69 Å². The molecule has 1 aromatic heterocycles. The molecule has 0 bridgehead atoms. The van der Waals surface area contributed by atoms with Crippen LogP contribution in [-0.4, -0.2) is 40.8 Å². The molecule has 160 valence electrons. The fraction of sp³-hybridized carbons (Fsp3) is 0.333. The minimum Gasteiger partial charge on any atom is -0.454 e. The van der Waals surface area contributed by atoms with Crippen molar-refractivity contribution in [3.8, 4) is 11.5 Å². The zero-order valence-corrected chi connectivity index (χ0v) is 16.8. The lowest BCUT2D eigenvalue weighted by atomic mass is 10.0. The summed E-state index contributed by atoms with van der Waals surface area (Å²) in [5.74, 6) is 1.96. The van der Waals surface area contributed by atoms with Crippen molar-refractivity contribution in [3.05, 3.63) is 52.3 Å². The second-order valence-corrected chi connectivity index (χ2v) is 7.70. The third-order valence-corrected chi connectivity index (χ3v) is 5.71. The standard InChI is InChI=1S/C21H22N6O4/c22-14-3-5-26(6-4-14)17-9-16-15(8-18(17)27(28)29)21(25-11-24-16)23-10-13-1-2-19-20(7-13)31-12-30-19/h1-2,7-9,11,14H,3-6,10,12,22H2,(H,23,24,25). The molecule has 2 aliphatic heterocycles. The highest BCUT2D eigenvalue weighted by atomic mass is 16.7. The van der Waals surface area contributed by atoms with E-state index in [2.05, 4.69) is 15.3 Å². The Morgan fingerprint density at radius 3 is 2.77 bits per heavy atom. The molecule has 0 aliphatic carbocycles. The lowest BCUT2D eigenvalue weighted by Crippen LogP contribution is -2.39. The number of nitro groups is 1. The number of hydrogen-bond donors (Lipinski definition) is 2. The molecule has 0 unspecified atom stereocenters. The summed E-state index contributed by atoms with van der Waals surface area (Å²) in [6, 6.07) is 9.18. The summed E-state index contributed by atoms with van der Waals surface area (Å²) in [5, 5.41) is 15.7. The lowest BCUT2D eigenvalue weighted by molar-refractivity contribution is -0.384. The summed E-state index contributed by atoms with van der Waals surface area (Å²) >= 11 is 0. The molecule has 3 N–H and O–H groups in total. The van der Waals surface area contributed by atoms with E-state index in [4.69, 9.17) is 15.2 Å². The number of nitrogens with two attached hydrogens (primary N) is 1. The van der Waals surface area contributed by atoms with E-state index in [-0.39, 0.29) is 23.4 Å². The summed E-state index contributed by atoms with van der Waals surface area (Å²) in [7, 11) is 0. The SMILES string of the molecule is NC1CCN(c2cc3ncnc(NCc4ccc5c(c4)OCO5)c3cc2[N+](=O)[O-])CC1. The number of nitrogens with zero attached hydrogens (tertiary/aromatic N) is 4. The van der Waals surface area contributed by atoms with E-state index in [1.165, 1.54) is 6.33 Å². The van der Waals surface area contributed by atoms with Gasteiger partial charge in [0.05, 0.1) is 10.4 Å². The zero-order chi connectivity index (χ0) is 21.4. The van der Waals surface area contributed by atoms with Gasteiger partial charge in [-0.15, -0.1) is 0 Å². The molecule has 1 saturated heterocycles. The van der Waals surface area contributed by atoms with Crippen LogP contribution in [0.2, 0.25) is 0 Å². The van der Waals surface area contributed by atoms with Crippen LogP contribution in [0, 0.1) is 10.1 Å². The summed E-state index contributed by atoms with van der Waals surface area (Å²) in [5.41, 5.74) is 8.24. The van der Waals surface area contributed by atoms with Crippen molar-refractivity contribution in [2.24, 2.45) is 5.73 Å². The average molecular weight is 422 g/mol. The number of aromatic nitrogens is 2. The number of fused-ring (bicyclic) bond motifs is 2. The summed E-state index contributed by atoms with van der Waals surface area (Å²) < 4.78 is 10.8. The molecule has 0 spiro atoms. The quantitative estimate of drug-likeness (QED) is 0.471. The Kier molecular flexibility index (Phi) is 4.91. The van der Waals surface area contributed by atoms with Gasteiger partial charge in [0.15, 0.2) is 11.5 Å². The smallest absolute Gasteiger partial charge is 0.293 e. The fourth-order valence-corrected chi connectivity index (χ4v) is 4.00. The molecule has 3 aromatic rings. The molecule has 0 amide bonds. The van der Waals surface area contributed by atoms with Crippen molar-refractivity contribution in [3.63, 3.8) is 0 Å². The second kappa shape index (κ2) is 7.88. The Morgan fingerprint density at radius 2 is 1.97 bits per heavy atom. The Bertz CT molecular complexity index is 1150. The van der Waals surface area contributed by atoms with Gasteiger partial charge in [-0.3, -0.25) is 10.1 Å². The molecule has 0 atom stereocenters. The highest BCUT2D eigenvalue weighted by molar-refractivity contribution is 5.94. The molecule has 2 aromatic carbocycles. The van der Waals surface area contributed by atoms with E-state index in [9.17, 15) is 10.1 Å². The van der Waals surface area contributed by atoms with Crippen LogP contribution in [0.3, 0.4) is 0 Å². The van der Waals surface area contributed by atoms with Crippen LogP contribution in [0.15, 0.2) is 36.7 Å². The van der Waals surface area contributed by atoms with Crippen molar-refractivity contribution in [1.82, 2.24) is 9.97 Å². The largest absolute Gasteiger partial charge is 0.454 e. The lowest BCUT2D eigenvalue weighted by Gasteiger charge is -2.31.